The van der Waals surface area contributed by atoms with E-state index >= 15 is 0 Å². The van der Waals surface area contributed by atoms with Gasteiger partial charge < -0.3 is 15.0 Å². The Labute approximate surface area is 144 Å². The molecule has 0 bridgehead atoms. The predicted molar refractivity (Wildman–Crippen MR) is 93.9 cm³/mol. The molecule has 0 aliphatic rings. The van der Waals surface area contributed by atoms with Crippen molar-refractivity contribution in [2.45, 2.75) is 19.9 Å². The number of aromatic nitrogens is 3. The Morgan fingerprint density at radius 1 is 1.25 bits per heavy atom. The molecule has 3 rings (SSSR count). The fourth-order valence-corrected chi connectivity index (χ4v) is 2.85. The lowest BCUT2D eigenvalue weighted by Gasteiger charge is -2.10. The summed E-state index contributed by atoms with van der Waals surface area (Å²) in [6.45, 7) is 2.49. The molecule has 0 unspecified atom stereocenters. The van der Waals surface area contributed by atoms with Gasteiger partial charge in [-0.3, -0.25) is 4.79 Å². The quantitative estimate of drug-likeness (QED) is 0.760. The highest BCUT2D eigenvalue weighted by molar-refractivity contribution is 6.30. The van der Waals surface area contributed by atoms with Gasteiger partial charge in [0.2, 0.25) is 5.88 Å². The number of halogens is 1. The normalized spacial score (nSPS) is 11.5. The van der Waals surface area contributed by atoms with Crippen LogP contribution >= 0.6 is 11.6 Å². The number of hydrogen-bond donors (Lipinski definition) is 2. The fraction of sp³-hybridized carbons (Fsp3) is 0.294. The molecule has 6 nitrogen and oxygen atoms in total. The zero-order valence-corrected chi connectivity index (χ0v) is 14.6. The summed E-state index contributed by atoms with van der Waals surface area (Å²) in [5, 5.41) is 15.6. The Morgan fingerprint density at radius 3 is 2.54 bits per heavy atom. The Balaban J connectivity index is 2.10. The maximum atomic E-state index is 12.5. The van der Waals surface area contributed by atoms with E-state index in [1.165, 1.54) is 4.52 Å². The van der Waals surface area contributed by atoms with Gasteiger partial charge in [-0.15, -0.1) is 0 Å². The van der Waals surface area contributed by atoms with Gasteiger partial charge >= 0.3 is 0 Å². The third-order valence-electron chi connectivity index (χ3n) is 3.93. The Hall–Kier alpha value is -2.31. The summed E-state index contributed by atoms with van der Waals surface area (Å²) in [7, 11) is 3.88. The molecule has 2 N–H and O–H groups in total. The molecule has 2 aromatic heterocycles. The molecule has 0 radical (unpaired) electrons. The van der Waals surface area contributed by atoms with Crippen LogP contribution in [0.25, 0.3) is 5.65 Å². The summed E-state index contributed by atoms with van der Waals surface area (Å²) >= 11 is 5.88. The monoisotopic (exact) mass is 346 g/mol. The van der Waals surface area contributed by atoms with E-state index in [9.17, 15) is 9.90 Å². The first-order valence-electron chi connectivity index (χ1n) is 7.58. The van der Waals surface area contributed by atoms with Crippen molar-refractivity contribution in [2.75, 3.05) is 14.1 Å². The van der Waals surface area contributed by atoms with Crippen LogP contribution in [0.3, 0.4) is 0 Å². The van der Waals surface area contributed by atoms with E-state index in [1.807, 2.05) is 38.1 Å². The van der Waals surface area contributed by atoms with E-state index in [0.29, 0.717) is 23.6 Å². The van der Waals surface area contributed by atoms with Crippen molar-refractivity contribution >= 4 is 17.2 Å². The highest BCUT2D eigenvalue weighted by atomic mass is 35.5. The SMILES string of the molecule is Cc1nn2c(O)c(Cc3ccc(Cl)cc3)c(=O)[nH]c2c1CN(C)C. The van der Waals surface area contributed by atoms with Crippen molar-refractivity contribution in [2.24, 2.45) is 0 Å². The summed E-state index contributed by atoms with van der Waals surface area (Å²) < 4.78 is 1.40. The number of aromatic amines is 1. The van der Waals surface area contributed by atoms with E-state index < -0.39 is 0 Å². The molecule has 0 saturated carbocycles. The molecular formula is C17H19ClN4O2. The number of benzene rings is 1. The van der Waals surface area contributed by atoms with E-state index in [0.717, 1.165) is 16.8 Å². The van der Waals surface area contributed by atoms with Gasteiger partial charge in [-0.05, 0) is 38.7 Å². The van der Waals surface area contributed by atoms with E-state index in [2.05, 4.69) is 10.1 Å². The van der Waals surface area contributed by atoms with Crippen LogP contribution in [-0.4, -0.2) is 38.7 Å². The number of hydrogen-bond acceptors (Lipinski definition) is 4. The van der Waals surface area contributed by atoms with Crippen molar-refractivity contribution in [3.8, 4) is 5.88 Å². The molecule has 7 heteroatoms. The minimum atomic E-state index is -0.310. The topological polar surface area (TPSA) is 73.6 Å². The molecular weight excluding hydrogens is 328 g/mol. The summed E-state index contributed by atoms with van der Waals surface area (Å²) in [5.74, 6) is -0.128. The van der Waals surface area contributed by atoms with Crippen molar-refractivity contribution in [1.82, 2.24) is 19.5 Å². The van der Waals surface area contributed by atoms with Crippen LogP contribution in [0.2, 0.25) is 5.02 Å². The molecule has 0 saturated heterocycles. The predicted octanol–water partition coefficient (Wildman–Crippen LogP) is 2.34. The molecule has 24 heavy (non-hydrogen) atoms. The van der Waals surface area contributed by atoms with Crippen molar-refractivity contribution in [1.29, 1.82) is 0 Å². The molecule has 0 atom stereocenters. The van der Waals surface area contributed by atoms with Gasteiger partial charge in [0.25, 0.3) is 5.56 Å². The van der Waals surface area contributed by atoms with Crippen LogP contribution < -0.4 is 5.56 Å². The standard InChI is InChI=1S/C17H19ClN4O2/c1-10-14(9-21(2)3)15-19-16(23)13(17(24)22(15)20-10)8-11-4-6-12(18)7-5-11/h4-7,24H,8-9H2,1-3H3,(H,19,23). The number of nitrogens with one attached hydrogen (secondary N) is 1. The summed E-state index contributed by atoms with van der Waals surface area (Å²) in [4.78, 5) is 17.3. The third kappa shape index (κ3) is 3.02. The second kappa shape index (κ2) is 6.30. The number of rotatable bonds is 4. The van der Waals surface area contributed by atoms with Crippen LogP contribution in [-0.2, 0) is 13.0 Å². The van der Waals surface area contributed by atoms with Crippen LogP contribution in [0.15, 0.2) is 29.1 Å². The average Bonchev–Trinajstić information content (AvgIpc) is 2.82. The molecule has 1 aromatic carbocycles. The molecule has 0 spiro atoms. The number of fused-ring (bicyclic) bond motifs is 1. The van der Waals surface area contributed by atoms with Crippen LogP contribution in [0.1, 0.15) is 22.4 Å². The van der Waals surface area contributed by atoms with Gasteiger partial charge in [0.05, 0.1) is 11.3 Å². The maximum Gasteiger partial charge on any atom is 0.258 e. The van der Waals surface area contributed by atoms with Crippen molar-refractivity contribution < 1.29 is 5.11 Å². The van der Waals surface area contributed by atoms with Crippen molar-refractivity contribution in [3.05, 3.63) is 62.0 Å². The molecule has 2 heterocycles. The molecule has 0 aliphatic heterocycles. The lowest BCUT2D eigenvalue weighted by molar-refractivity contribution is 0.402. The molecule has 0 aliphatic carbocycles. The molecule has 0 amide bonds. The van der Waals surface area contributed by atoms with Crippen LogP contribution in [0.4, 0.5) is 0 Å². The second-order valence-corrected chi connectivity index (χ2v) is 6.56. The van der Waals surface area contributed by atoms with Gasteiger partial charge in [-0.2, -0.15) is 9.61 Å². The lowest BCUT2D eigenvalue weighted by Crippen LogP contribution is -2.17. The van der Waals surface area contributed by atoms with Gasteiger partial charge in [0.1, 0.15) is 5.65 Å². The average molecular weight is 347 g/mol. The molecule has 0 fully saturated rings. The zero-order valence-electron chi connectivity index (χ0n) is 13.8. The number of aromatic hydroxyl groups is 1. The minimum absolute atomic E-state index is 0.128. The lowest BCUT2D eigenvalue weighted by atomic mass is 10.1. The Morgan fingerprint density at radius 2 is 1.92 bits per heavy atom. The van der Waals surface area contributed by atoms with Gasteiger partial charge in [0.15, 0.2) is 0 Å². The van der Waals surface area contributed by atoms with Gasteiger partial charge in [-0.25, -0.2) is 0 Å². The first kappa shape index (κ1) is 16.5. The fourth-order valence-electron chi connectivity index (χ4n) is 2.72. The maximum absolute atomic E-state index is 12.5. The highest BCUT2D eigenvalue weighted by Gasteiger charge is 2.18. The van der Waals surface area contributed by atoms with Crippen LogP contribution in [0.5, 0.6) is 5.88 Å². The Bertz CT molecular complexity index is 942. The van der Waals surface area contributed by atoms with Gasteiger partial charge in [0, 0.05) is 23.6 Å². The van der Waals surface area contributed by atoms with Gasteiger partial charge in [-0.1, -0.05) is 23.7 Å². The first-order chi connectivity index (χ1) is 11.4. The molecule has 126 valence electrons. The van der Waals surface area contributed by atoms with E-state index in [-0.39, 0.29) is 17.0 Å². The smallest absolute Gasteiger partial charge is 0.258 e. The van der Waals surface area contributed by atoms with E-state index in [1.54, 1.807) is 12.1 Å². The first-order valence-corrected chi connectivity index (χ1v) is 7.96. The Kier molecular flexibility index (Phi) is 4.34. The number of H-pyrrole nitrogens is 1. The number of aryl methyl sites for hydroxylation is 1. The largest absolute Gasteiger partial charge is 0.493 e. The number of nitrogens with zero attached hydrogens (tertiary/aromatic N) is 3. The summed E-state index contributed by atoms with van der Waals surface area (Å²) in [6, 6.07) is 7.18. The molecule has 3 aromatic rings. The highest BCUT2D eigenvalue weighted by Crippen LogP contribution is 2.22. The minimum Gasteiger partial charge on any atom is -0.493 e. The third-order valence-corrected chi connectivity index (χ3v) is 4.18. The second-order valence-electron chi connectivity index (χ2n) is 6.12. The van der Waals surface area contributed by atoms with Crippen molar-refractivity contribution in [3.63, 3.8) is 0 Å². The summed E-state index contributed by atoms with van der Waals surface area (Å²) in [5.41, 5.74) is 3.06. The summed E-state index contributed by atoms with van der Waals surface area (Å²) in [6.07, 6.45) is 0.302. The van der Waals surface area contributed by atoms with E-state index in [4.69, 9.17) is 11.6 Å². The van der Waals surface area contributed by atoms with Crippen LogP contribution in [0, 0.1) is 6.92 Å². The zero-order chi connectivity index (χ0) is 17.4.